The maximum absolute atomic E-state index is 12.3. The molecular formula is C25H31N3O. The number of amides is 1. The fraction of sp³-hybridized carbons (Fsp3) is 0.440. The molecule has 1 fully saturated rings. The number of nitrogens with one attached hydrogen (secondary N) is 1. The second-order valence-corrected chi connectivity index (χ2v) is 8.33. The first-order valence-corrected chi connectivity index (χ1v) is 10.6. The second kappa shape index (κ2) is 10.2. The van der Waals surface area contributed by atoms with Crippen LogP contribution >= 0.6 is 0 Å². The van der Waals surface area contributed by atoms with Gasteiger partial charge in [-0.05, 0) is 75.0 Å². The number of rotatable bonds is 7. The Balaban J connectivity index is 1.44. The molecule has 4 nitrogen and oxygen atoms in total. The lowest BCUT2D eigenvalue weighted by atomic mass is 9.75. The number of nitrogens with zero attached hydrogens (tertiary/aromatic N) is 2. The van der Waals surface area contributed by atoms with Crippen LogP contribution in [0.4, 0.5) is 0 Å². The van der Waals surface area contributed by atoms with Crippen LogP contribution in [0.1, 0.15) is 59.6 Å². The SMILES string of the molecule is CN(C)C(c1ccccc1)C1CCC(CCNC(=O)c2ccc(C#N)cc2)CC1. The Morgan fingerprint density at radius 3 is 2.31 bits per heavy atom. The zero-order chi connectivity index (χ0) is 20.6. The van der Waals surface area contributed by atoms with Crippen molar-refractivity contribution in [2.45, 2.75) is 38.1 Å². The first-order chi connectivity index (χ1) is 14.1. The zero-order valence-electron chi connectivity index (χ0n) is 17.5. The van der Waals surface area contributed by atoms with Gasteiger partial charge in [-0.15, -0.1) is 0 Å². The van der Waals surface area contributed by atoms with Crippen LogP contribution in [-0.2, 0) is 0 Å². The van der Waals surface area contributed by atoms with E-state index in [4.69, 9.17) is 5.26 Å². The third kappa shape index (κ3) is 5.68. The molecule has 3 rings (SSSR count). The van der Waals surface area contributed by atoms with Gasteiger partial charge in [0.2, 0.25) is 0 Å². The first kappa shape index (κ1) is 21.1. The lowest BCUT2D eigenvalue weighted by Crippen LogP contribution is -2.31. The summed E-state index contributed by atoms with van der Waals surface area (Å²) in [5, 5.41) is 11.9. The van der Waals surface area contributed by atoms with Crippen molar-refractivity contribution in [3.05, 3.63) is 71.3 Å². The molecule has 1 aliphatic rings. The van der Waals surface area contributed by atoms with E-state index in [1.807, 2.05) is 0 Å². The van der Waals surface area contributed by atoms with E-state index < -0.39 is 0 Å². The van der Waals surface area contributed by atoms with Crippen LogP contribution in [0.3, 0.4) is 0 Å². The molecule has 2 aromatic carbocycles. The Labute approximate surface area is 174 Å². The molecule has 0 heterocycles. The highest BCUT2D eigenvalue weighted by atomic mass is 16.1. The smallest absolute Gasteiger partial charge is 0.251 e. The molecule has 0 bridgehead atoms. The summed E-state index contributed by atoms with van der Waals surface area (Å²) in [5.41, 5.74) is 2.60. The number of carbonyl (C=O) groups excluding carboxylic acids is 1. The molecule has 1 saturated carbocycles. The second-order valence-electron chi connectivity index (χ2n) is 8.33. The average molecular weight is 390 g/mol. The molecule has 1 N–H and O–H groups in total. The van der Waals surface area contributed by atoms with E-state index >= 15 is 0 Å². The molecule has 0 aliphatic heterocycles. The minimum Gasteiger partial charge on any atom is -0.352 e. The highest BCUT2D eigenvalue weighted by Crippen LogP contribution is 2.40. The quantitative estimate of drug-likeness (QED) is 0.741. The van der Waals surface area contributed by atoms with Crippen molar-refractivity contribution in [1.82, 2.24) is 10.2 Å². The summed E-state index contributed by atoms with van der Waals surface area (Å²) >= 11 is 0. The summed E-state index contributed by atoms with van der Waals surface area (Å²) in [6.45, 7) is 0.712. The normalized spacial score (nSPS) is 20.1. The van der Waals surface area contributed by atoms with Crippen LogP contribution < -0.4 is 5.32 Å². The minimum absolute atomic E-state index is 0.0556. The molecule has 4 heteroatoms. The standard InChI is InChI=1S/C25H31N3O/c1-28(2)24(21-6-4-3-5-7-21)22-12-8-19(9-13-22)16-17-27-25(29)23-14-10-20(18-26)11-15-23/h3-7,10-11,14-15,19,22,24H,8-9,12-13,16-17H2,1-2H3,(H,27,29). The summed E-state index contributed by atoms with van der Waals surface area (Å²) in [6.07, 6.45) is 5.98. The molecule has 29 heavy (non-hydrogen) atoms. The van der Waals surface area contributed by atoms with Crippen molar-refractivity contribution >= 4 is 5.91 Å². The van der Waals surface area contributed by atoms with Gasteiger partial charge >= 0.3 is 0 Å². The van der Waals surface area contributed by atoms with Gasteiger partial charge in [0.1, 0.15) is 0 Å². The van der Waals surface area contributed by atoms with Crippen molar-refractivity contribution in [3.63, 3.8) is 0 Å². The van der Waals surface area contributed by atoms with Gasteiger partial charge in [0.05, 0.1) is 11.6 Å². The summed E-state index contributed by atoms with van der Waals surface area (Å²) in [6, 6.07) is 20.2. The van der Waals surface area contributed by atoms with E-state index in [-0.39, 0.29) is 5.91 Å². The fourth-order valence-corrected chi connectivity index (χ4v) is 4.62. The fourth-order valence-electron chi connectivity index (χ4n) is 4.62. The Morgan fingerprint density at radius 1 is 1.07 bits per heavy atom. The van der Waals surface area contributed by atoms with Crippen LogP contribution in [0, 0.1) is 23.2 Å². The van der Waals surface area contributed by atoms with Gasteiger partial charge in [0, 0.05) is 18.2 Å². The first-order valence-electron chi connectivity index (χ1n) is 10.6. The molecule has 0 spiro atoms. The molecule has 152 valence electrons. The van der Waals surface area contributed by atoms with Crippen LogP contribution in [-0.4, -0.2) is 31.4 Å². The average Bonchev–Trinajstić information content (AvgIpc) is 2.75. The van der Waals surface area contributed by atoms with Crippen LogP contribution in [0.2, 0.25) is 0 Å². The zero-order valence-corrected chi connectivity index (χ0v) is 17.5. The number of nitriles is 1. The van der Waals surface area contributed by atoms with Gasteiger partial charge in [-0.2, -0.15) is 5.26 Å². The van der Waals surface area contributed by atoms with E-state index in [9.17, 15) is 4.79 Å². The van der Waals surface area contributed by atoms with Crippen molar-refractivity contribution in [1.29, 1.82) is 5.26 Å². The summed E-state index contributed by atoms with van der Waals surface area (Å²) in [5.74, 6) is 1.32. The minimum atomic E-state index is -0.0556. The van der Waals surface area contributed by atoms with E-state index in [2.05, 4.69) is 60.7 Å². The summed E-state index contributed by atoms with van der Waals surface area (Å²) < 4.78 is 0. The van der Waals surface area contributed by atoms with E-state index in [1.54, 1.807) is 24.3 Å². The van der Waals surface area contributed by atoms with Gasteiger partial charge in [0.15, 0.2) is 0 Å². The van der Waals surface area contributed by atoms with Gasteiger partial charge < -0.3 is 10.2 Å². The topological polar surface area (TPSA) is 56.1 Å². The Hall–Kier alpha value is -2.64. The van der Waals surface area contributed by atoms with Gasteiger partial charge in [-0.25, -0.2) is 0 Å². The van der Waals surface area contributed by atoms with Gasteiger partial charge in [0.25, 0.3) is 5.91 Å². The number of benzene rings is 2. The van der Waals surface area contributed by atoms with E-state index in [0.29, 0.717) is 35.5 Å². The van der Waals surface area contributed by atoms with Gasteiger partial charge in [-0.1, -0.05) is 43.2 Å². The van der Waals surface area contributed by atoms with Crippen LogP contribution in [0.25, 0.3) is 0 Å². The molecule has 1 atom stereocenters. The molecule has 0 saturated heterocycles. The highest BCUT2D eigenvalue weighted by molar-refractivity contribution is 5.94. The maximum atomic E-state index is 12.3. The predicted molar refractivity (Wildman–Crippen MR) is 116 cm³/mol. The van der Waals surface area contributed by atoms with Crippen LogP contribution in [0.5, 0.6) is 0 Å². The molecular weight excluding hydrogens is 358 g/mol. The predicted octanol–water partition coefficient (Wildman–Crippen LogP) is 4.79. The molecule has 1 aliphatic carbocycles. The Kier molecular flexibility index (Phi) is 7.43. The molecule has 0 aromatic heterocycles. The van der Waals surface area contributed by atoms with Crippen molar-refractivity contribution in [2.75, 3.05) is 20.6 Å². The van der Waals surface area contributed by atoms with Crippen molar-refractivity contribution in [2.24, 2.45) is 11.8 Å². The van der Waals surface area contributed by atoms with E-state index in [1.165, 1.54) is 31.2 Å². The summed E-state index contributed by atoms with van der Waals surface area (Å²) in [4.78, 5) is 14.6. The third-order valence-electron chi connectivity index (χ3n) is 6.15. The lowest BCUT2D eigenvalue weighted by Gasteiger charge is -2.37. The van der Waals surface area contributed by atoms with Crippen LogP contribution in [0.15, 0.2) is 54.6 Å². The molecule has 2 aromatic rings. The van der Waals surface area contributed by atoms with E-state index in [0.717, 1.165) is 6.42 Å². The number of hydrogen-bond acceptors (Lipinski definition) is 3. The molecule has 1 amide bonds. The Morgan fingerprint density at radius 2 is 1.72 bits per heavy atom. The number of carbonyl (C=O) groups is 1. The lowest BCUT2D eigenvalue weighted by molar-refractivity contribution is 0.0947. The molecule has 1 unspecified atom stereocenters. The summed E-state index contributed by atoms with van der Waals surface area (Å²) in [7, 11) is 4.37. The highest BCUT2D eigenvalue weighted by Gasteiger charge is 2.29. The number of hydrogen-bond donors (Lipinski definition) is 1. The van der Waals surface area contributed by atoms with Crippen molar-refractivity contribution in [3.8, 4) is 6.07 Å². The maximum Gasteiger partial charge on any atom is 0.251 e. The Bertz CT molecular complexity index is 815. The van der Waals surface area contributed by atoms with Crippen molar-refractivity contribution < 1.29 is 4.79 Å². The third-order valence-corrected chi connectivity index (χ3v) is 6.15. The molecule has 0 radical (unpaired) electrons. The monoisotopic (exact) mass is 389 g/mol. The van der Waals surface area contributed by atoms with Gasteiger partial charge in [-0.3, -0.25) is 4.79 Å². The largest absolute Gasteiger partial charge is 0.352 e.